The maximum Gasteiger partial charge on any atom is 0.407 e. The second-order valence-electron chi connectivity index (χ2n) is 5.90. The van der Waals surface area contributed by atoms with Crippen LogP contribution < -0.4 is 5.32 Å². The van der Waals surface area contributed by atoms with Crippen molar-refractivity contribution in [3.63, 3.8) is 0 Å². The van der Waals surface area contributed by atoms with Gasteiger partial charge >= 0.3 is 12.1 Å². The quantitative estimate of drug-likeness (QED) is 0.601. The topological polar surface area (TPSA) is 64.6 Å². The monoisotopic (exact) mass is 283 g/mol. The van der Waals surface area contributed by atoms with E-state index in [2.05, 4.69) is 5.32 Å². The lowest BCUT2D eigenvalue weighted by atomic mass is 9.86. The van der Waals surface area contributed by atoms with Crippen molar-refractivity contribution in [3.05, 3.63) is 0 Å². The third-order valence-corrected chi connectivity index (χ3v) is 4.26. The van der Waals surface area contributed by atoms with Gasteiger partial charge in [-0.3, -0.25) is 0 Å². The number of carbonyl (C=O) groups is 2. The largest absolute Gasteiger partial charge is 0.458 e. The van der Waals surface area contributed by atoms with Gasteiger partial charge in [-0.15, -0.1) is 0 Å². The van der Waals surface area contributed by atoms with Crippen molar-refractivity contribution in [2.45, 2.75) is 70.4 Å². The Kier molecular flexibility index (Phi) is 5.68. The van der Waals surface area contributed by atoms with Crippen LogP contribution in [0.15, 0.2) is 0 Å². The number of amides is 1. The number of alkyl carbamates (subject to hydrolysis) is 1. The third-order valence-electron chi connectivity index (χ3n) is 4.26. The van der Waals surface area contributed by atoms with Crippen molar-refractivity contribution < 1.29 is 19.1 Å². The molecule has 2 aliphatic rings. The molecule has 5 heteroatoms. The van der Waals surface area contributed by atoms with Gasteiger partial charge in [0.15, 0.2) is 6.04 Å². The van der Waals surface area contributed by atoms with Gasteiger partial charge in [0.1, 0.15) is 6.10 Å². The summed E-state index contributed by atoms with van der Waals surface area (Å²) in [5.74, 6) is 0.495. The van der Waals surface area contributed by atoms with Gasteiger partial charge in [0.25, 0.3) is 0 Å². The standard InChI is InChI=1S/C15H25NO4/c1-11-13(14(17)20-11)16-15(18)19-10-6-5-9-12-7-3-2-4-8-12/h11-13H,2-10H2,1H3,(H,16,18). The van der Waals surface area contributed by atoms with Crippen LogP contribution >= 0.6 is 0 Å². The van der Waals surface area contributed by atoms with Crippen LogP contribution in [0.3, 0.4) is 0 Å². The number of hydrogen-bond acceptors (Lipinski definition) is 4. The first kappa shape index (κ1) is 15.1. The van der Waals surface area contributed by atoms with E-state index < -0.39 is 12.1 Å². The van der Waals surface area contributed by atoms with Crippen LogP contribution in [0.25, 0.3) is 0 Å². The minimum Gasteiger partial charge on any atom is -0.458 e. The van der Waals surface area contributed by atoms with Crippen LogP contribution in [0.1, 0.15) is 58.3 Å². The Bertz CT molecular complexity index is 339. The molecule has 1 aliphatic carbocycles. The van der Waals surface area contributed by atoms with E-state index in [0.29, 0.717) is 6.61 Å². The number of unbranched alkanes of at least 4 members (excludes halogenated alkanes) is 1. The smallest absolute Gasteiger partial charge is 0.407 e. The Morgan fingerprint density at radius 3 is 2.70 bits per heavy atom. The van der Waals surface area contributed by atoms with Gasteiger partial charge in [0.05, 0.1) is 6.61 Å². The number of ether oxygens (including phenoxy) is 2. The fourth-order valence-electron chi connectivity index (χ4n) is 2.96. The molecule has 1 saturated heterocycles. The van der Waals surface area contributed by atoms with Crippen LogP contribution in [0.5, 0.6) is 0 Å². The zero-order valence-corrected chi connectivity index (χ0v) is 12.2. The number of esters is 1. The Labute approximate surface area is 120 Å². The van der Waals surface area contributed by atoms with Crippen LogP contribution in [0.2, 0.25) is 0 Å². The van der Waals surface area contributed by atoms with Crippen molar-refractivity contribution in [3.8, 4) is 0 Å². The van der Waals surface area contributed by atoms with E-state index in [4.69, 9.17) is 9.47 Å². The molecule has 0 aromatic carbocycles. The van der Waals surface area contributed by atoms with Crippen molar-refractivity contribution in [2.24, 2.45) is 5.92 Å². The van der Waals surface area contributed by atoms with Gasteiger partial charge in [-0.1, -0.05) is 38.5 Å². The summed E-state index contributed by atoms with van der Waals surface area (Å²) in [7, 11) is 0. The fraction of sp³-hybridized carbons (Fsp3) is 0.867. The average molecular weight is 283 g/mol. The Morgan fingerprint density at radius 1 is 1.30 bits per heavy atom. The maximum atomic E-state index is 11.5. The van der Waals surface area contributed by atoms with E-state index in [9.17, 15) is 9.59 Å². The lowest BCUT2D eigenvalue weighted by Crippen LogP contribution is -2.58. The SMILES string of the molecule is CC1OC(=O)C1NC(=O)OCCCCC1CCCCC1. The molecular weight excluding hydrogens is 258 g/mol. The first-order valence-corrected chi connectivity index (χ1v) is 7.80. The molecule has 0 aromatic rings. The van der Waals surface area contributed by atoms with Crippen LogP contribution in [-0.4, -0.2) is 30.8 Å². The normalized spacial score (nSPS) is 26.6. The molecule has 5 nitrogen and oxygen atoms in total. The average Bonchev–Trinajstić information content (AvgIpc) is 2.46. The Morgan fingerprint density at radius 2 is 2.05 bits per heavy atom. The number of rotatable bonds is 6. The first-order valence-electron chi connectivity index (χ1n) is 7.80. The van der Waals surface area contributed by atoms with E-state index in [-0.39, 0.29) is 12.1 Å². The summed E-state index contributed by atoms with van der Waals surface area (Å²) in [4.78, 5) is 22.5. The van der Waals surface area contributed by atoms with E-state index in [1.54, 1.807) is 6.92 Å². The highest BCUT2D eigenvalue weighted by Crippen LogP contribution is 2.27. The van der Waals surface area contributed by atoms with Gasteiger partial charge in [0.2, 0.25) is 0 Å². The molecule has 0 spiro atoms. The molecule has 2 fully saturated rings. The molecular formula is C15H25NO4. The lowest BCUT2D eigenvalue weighted by molar-refractivity contribution is -0.174. The molecule has 2 rings (SSSR count). The molecule has 0 radical (unpaired) electrons. The predicted octanol–water partition coefficient (Wildman–Crippen LogP) is 2.78. The Balaban J connectivity index is 1.48. The third kappa shape index (κ3) is 4.39. The van der Waals surface area contributed by atoms with E-state index in [1.807, 2.05) is 0 Å². The van der Waals surface area contributed by atoms with E-state index in [0.717, 1.165) is 18.8 Å². The molecule has 20 heavy (non-hydrogen) atoms. The van der Waals surface area contributed by atoms with Crippen molar-refractivity contribution in [2.75, 3.05) is 6.61 Å². The molecule has 0 bridgehead atoms. The molecule has 0 aromatic heterocycles. The summed E-state index contributed by atoms with van der Waals surface area (Å²) in [6, 6.07) is -0.537. The summed E-state index contributed by atoms with van der Waals surface area (Å²) in [6.07, 6.45) is 9.36. The second kappa shape index (κ2) is 7.50. The predicted molar refractivity (Wildman–Crippen MR) is 74.3 cm³/mol. The van der Waals surface area contributed by atoms with Crippen molar-refractivity contribution >= 4 is 12.1 Å². The van der Waals surface area contributed by atoms with Gasteiger partial charge in [-0.05, 0) is 25.7 Å². The molecule has 1 amide bonds. The minimum absolute atomic E-state index is 0.249. The molecule has 1 aliphatic heterocycles. The number of cyclic esters (lactones) is 1. The van der Waals surface area contributed by atoms with Gasteiger partial charge < -0.3 is 14.8 Å². The van der Waals surface area contributed by atoms with Gasteiger partial charge in [-0.2, -0.15) is 0 Å². The van der Waals surface area contributed by atoms with Crippen molar-refractivity contribution in [1.82, 2.24) is 5.32 Å². The van der Waals surface area contributed by atoms with Crippen LogP contribution in [0.4, 0.5) is 4.79 Å². The minimum atomic E-state index is -0.537. The highest BCUT2D eigenvalue weighted by atomic mass is 16.6. The Hall–Kier alpha value is -1.26. The highest BCUT2D eigenvalue weighted by Gasteiger charge is 2.40. The fourth-order valence-corrected chi connectivity index (χ4v) is 2.96. The molecule has 1 heterocycles. The summed E-state index contributed by atoms with van der Waals surface area (Å²) in [6.45, 7) is 2.17. The zero-order chi connectivity index (χ0) is 14.4. The summed E-state index contributed by atoms with van der Waals surface area (Å²) >= 11 is 0. The lowest BCUT2D eigenvalue weighted by Gasteiger charge is -2.32. The van der Waals surface area contributed by atoms with Gasteiger partial charge in [-0.25, -0.2) is 9.59 Å². The van der Waals surface area contributed by atoms with Crippen LogP contribution in [0, 0.1) is 5.92 Å². The van der Waals surface area contributed by atoms with E-state index in [1.165, 1.54) is 38.5 Å². The maximum absolute atomic E-state index is 11.5. The molecule has 114 valence electrons. The molecule has 1 saturated carbocycles. The number of carbonyl (C=O) groups excluding carboxylic acids is 2. The summed E-state index contributed by atoms with van der Waals surface area (Å²) in [5, 5.41) is 2.52. The van der Waals surface area contributed by atoms with Gasteiger partial charge in [0, 0.05) is 0 Å². The molecule has 2 unspecified atom stereocenters. The highest BCUT2D eigenvalue weighted by molar-refractivity contribution is 5.86. The zero-order valence-electron chi connectivity index (χ0n) is 12.2. The van der Waals surface area contributed by atoms with E-state index >= 15 is 0 Å². The molecule has 1 N–H and O–H groups in total. The number of nitrogens with one attached hydrogen (secondary N) is 1. The van der Waals surface area contributed by atoms with Crippen molar-refractivity contribution in [1.29, 1.82) is 0 Å². The second-order valence-corrected chi connectivity index (χ2v) is 5.90. The summed E-state index contributed by atoms with van der Waals surface area (Å²) in [5.41, 5.74) is 0. The van der Waals surface area contributed by atoms with Crippen LogP contribution in [-0.2, 0) is 14.3 Å². The first-order chi connectivity index (χ1) is 9.66. The number of hydrogen-bond donors (Lipinski definition) is 1. The molecule has 2 atom stereocenters. The summed E-state index contributed by atoms with van der Waals surface area (Å²) < 4.78 is 9.83.